The molecule has 54 heavy (non-hydrogen) atoms. The fraction of sp³-hybridized carbons (Fsp3) is 0.333. The van der Waals surface area contributed by atoms with Gasteiger partial charge in [0.05, 0.1) is 0 Å². The van der Waals surface area contributed by atoms with E-state index >= 15 is 0 Å². The van der Waals surface area contributed by atoms with E-state index in [2.05, 4.69) is 177 Å². The van der Waals surface area contributed by atoms with Crippen LogP contribution in [0.25, 0.3) is 22.3 Å². The second-order valence-electron chi connectivity index (χ2n) is 17.6. The van der Waals surface area contributed by atoms with Crippen molar-refractivity contribution in [2.45, 2.75) is 93.4 Å². The van der Waals surface area contributed by atoms with Crippen molar-refractivity contribution in [3.05, 3.63) is 149 Å². The van der Waals surface area contributed by atoms with Crippen LogP contribution in [0.15, 0.2) is 127 Å². The minimum absolute atomic E-state index is 0. The molecule has 8 rings (SSSR count). The van der Waals surface area contributed by atoms with Crippen molar-refractivity contribution in [2.75, 3.05) is 0 Å². The molecule has 4 aliphatic carbocycles. The molecule has 280 valence electrons. The first-order valence-corrected chi connectivity index (χ1v) is 42.3. The monoisotopic (exact) mass is 1120 g/mol. The normalized spacial score (nSPS) is 14.7. The first-order valence-electron chi connectivity index (χ1n) is 19.3. The summed E-state index contributed by atoms with van der Waals surface area (Å²) in [7, 11) is 0. The number of fused-ring (bicyclic) bond motifs is 6. The van der Waals surface area contributed by atoms with Gasteiger partial charge in [-0.1, -0.05) is 0 Å². The first kappa shape index (κ1) is 43.7. The van der Waals surface area contributed by atoms with Gasteiger partial charge in [0.15, 0.2) is 0 Å². The Hall–Kier alpha value is -1.41. The van der Waals surface area contributed by atoms with E-state index in [0.717, 1.165) is 12.8 Å². The quantitative estimate of drug-likeness (QED) is 0.154. The number of rotatable bonds is 4. The van der Waals surface area contributed by atoms with Crippen molar-refractivity contribution in [3.8, 4) is 22.3 Å². The van der Waals surface area contributed by atoms with Gasteiger partial charge in [0, 0.05) is 0 Å². The summed E-state index contributed by atoms with van der Waals surface area (Å²) in [5.74, 6) is 0. The van der Waals surface area contributed by atoms with Crippen molar-refractivity contribution in [1.29, 1.82) is 0 Å². The third-order valence-electron chi connectivity index (χ3n) is 11.4. The van der Waals surface area contributed by atoms with E-state index in [1.54, 1.807) is 28.9 Å². The first-order chi connectivity index (χ1) is 24.7. The van der Waals surface area contributed by atoms with Crippen LogP contribution in [0.5, 0.6) is 0 Å². The number of hydrogen-bond donors (Lipinski definition) is 0. The molecule has 0 aromatic heterocycles. The largest absolute Gasteiger partial charge is 0.147 e. The van der Waals surface area contributed by atoms with Crippen LogP contribution in [0.2, 0.25) is 26.2 Å². The zero-order valence-electron chi connectivity index (χ0n) is 34.0. The summed E-state index contributed by atoms with van der Waals surface area (Å²) < 4.78 is 7.31. The molecule has 0 nitrogen and oxygen atoms in total. The average Bonchev–Trinajstić information content (AvgIpc) is 3.90. The van der Waals surface area contributed by atoms with Gasteiger partial charge in [-0.05, 0) is 0 Å². The summed E-state index contributed by atoms with van der Waals surface area (Å²) in [4.78, 5) is 0. The predicted molar refractivity (Wildman–Crippen MR) is 239 cm³/mol. The molecule has 0 atom stereocenters. The summed E-state index contributed by atoms with van der Waals surface area (Å²) >= 11 is -4.01. The SMILES string of the molecule is C[Si](C)=[Hf]([C]1=CC(C(C)(C)C)=CC1)[c]1cccc2c1Cc1ccccc1-2.C[Si](C)=[Hf]([C]1=CC(C(C)(C)C)=CC1)[c]1cccc2c1Cc1ccccc1-2.Cl.Cl. The van der Waals surface area contributed by atoms with Crippen LogP contribution in [0.4, 0.5) is 0 Å². The van der Waals surface area contributed by atoms with Crippen molar-refractivity contribution >= 4 is 42.4 Å². The van der Waals surface area contributed by atoms with E-state index in [4.69, 9.17) is 0 Å². The average molecular weight is 1120 g/mol. The molecule has 0 saturated carbocycles. The molecule has 0 bridgehead atoms. The van der Waals surface area contributed by atoms with Gasteiger partial charge in [-0.3, -0.25) is 0 Å². The summed E-state index contributed by atoms with van der Waals surface area (Å²) in [5.41, 5.74) is 15.5. The molecule has 0 N–H and O–H groups in total. The van der Waals surface area contributed by atoms with Crippen molar-refractivity contribution in [2.24, 2.45) is 10.8 Å². The van der Waals surface area contributed by atoms with E-state index in [1.807, 2.05) is 6.66 Å². The Labute approximate surface area is 354 Å². The molecule has 4 aromatic carbocycles. The Balaban J connectivity index is 0.000000200. The molecular formula is C48H58Cl2Hf2Si2. The molecule has 4 aromatic rings. The van der Waals surface area contributed by atoms with Gasteiger partial charge in [-0.25, -0.2) is 0 Å². The third kappa shape index (κ3) is 8.85. The van der Waals surface area contributed by atoms with E-state index in [9.17, 15) is 0 Å². The topological polar surface area (TPSA) is 0 Å². The number of hydrogen-bond acceptors (Lipinski definition) is 0. The molecule has 0 unspecified atom stereocenters. The number of benzene rings is 4. The molecular weight excluding hydrogens is 1060 g/mol. The molecule has 0 amide bonds. The predicted octanol–water partition coefficient (Wildman–Crippen LogP) is 12.9. The van der Waals surface area contributed by atoms with Crippen LogP contribution in [-0.2, 0) is 53.0 Å². The minimum Gasteiger partial charge on any atom is -0.147 e. The van der Waals surface area contributed by atoms with Crippen LogP contribution in [0.3, 0.4) is 0 Å². The van der Waals surface area contributed by atoms with E-state index < -0.39 is 40.1 Å². The maximum Gasteiger partial charge on any atom is -0.147 e. The van der Waals surface area contributed by atoms with Gasteiger partial charge in [0.2, 0.25) is 0 Å². The molecule has 0 fully saturated rings. The fourth-order valence-corrected chi connectivity index (χ4v) is 55.8. The molecule has 0 aliphatic heterocycles. The van der Waals surface area contributed by atoms with Crippen LogP contribution >= 0.6 is 24.8 Å². The number of allylic oxidation sites excluding steroid dienone is 8. The Morgan fingerprint density at radius 1 is 0.463 bits per heavy atom. The Morgan fingerprint density at radius 2 is 0.815 bits per heavy atom. The van der Waals surface area contributed by atoms with Gasteiger partial charge in [0.1, 0.15) is 0 Å². The minimum atomic E-state index is -2.00. The molecule has 0 spiro atoms. The second kappa shape index (κ2) is 17.6. The Kier molecular flexibility index (Phi) is 14.3. The van der Waals surface area contributed by atoms with E-state index in [-0.39, 0.29) is 46.6 Å². The molecule has 0 heterocycles. The number of halogens is 2. The van der Waals surface area contributed by atoms with Gasteiger partial charge in [-0.2, -0.15) is 0 Å². The zero-order chi connectivity index (χ0) is 36.9. The summed E-state index contributed by atoms with van der Waals surface area (Å²) in [6, 6.07) is 32.4. The summed E-state index contributed by atoms with van der Waals surface area (Å²) in [5, 5.41) is 0. The maximum atomic E-state index is 2.61. The summed E-state index contributed by atoms with van der Waals surface area (Å²) in [6.45, 7) is 24.4. The standard InChI is InChI=1S/2C13H9.2C9H13.2C2H6Si.2ClH.2Hf/c2*1-3-7-12-10(5-1)9-11-6-2-4-8-13(11)12;2*1-9(2,3)8-6-4-5-7-8;2*1-3-2;;;;/h2*1-5,7-8H,9H2;2*6-7H,4H2,1-3H3;2*1-2H3;2*1H;;. The van der Waals surface area contributed by atoms with Crippen molar-refractivity contribution in [3.63, 3.8) is 0 Å². The Morgan fingerprint density at radius 3 is 1.15 bits per heavy atom. The van der Waals surface area contributed by atoms with Crippen LogP contribution in [0.1, 0.15) is 76.6 Å². The molecule has 0 radical (unpaired) electrons. The van der Waals surface area contributed by atoms with Crippen LogP contribution in [-0.4, -0.2) is 11.0 Å². The van der Waals surface area contributed by atoms with Gasteiger partial charge < -0.3 is 0 Å². The van der Waals surface area contributed by atoms with Gasteiger partial charge in [-0.15, -0.1) is 24.8 Å². The van der Waals surface area contributed by atoms with Crippen molar-refractivity contribution in [1.82, 2.24) is 0 Å². The summed E-state index contributed by atoms with van der Waals surface area (Å²) in [6.07, 6.45) is 15.0. The van der Waals surface area contributed by atoms with Gasteiger partial charge >= 0.3 is 334 Å². The van der Waals surface area contributed by atoms with Crippen LogP contribution < -0.4 is 6.64 Å². The van der Waals surface area contributed by atoms with Crippen LogP contribution in [0, 0.1) is 10.8 Å². The van der Waals surface area contributed by atoms with Gasteiger partial charge in [0.25, 0.3) is 0 Å². The zero-order valence-corrected chi connectivity index (χ0v) is 44.9. The smallest absolute Gasteiger partial charge is 0.147 e. The van der Waals surface area contributed by atoms with Crippen molar-refractivity contribution < 1.29 is 40.1 Å². The third-order valence-corrected chi connectivity index (χ3v) is 58.9. The fourth-order valence-electron chi connectivity index (χ4n) is 8.75. The van der Waals surface area contributed by atoms with E-state index in [0.29, 0.717) is 0 Å². The second-order valence-corrected chi connectivity index (χ2v) is 65.3. The molecule has 6 heteroatoms. The Bertz CT molecular complexity index is 2130. The molecule has 0 saturated heterocycles. The van der Waals surface area contributed by atoms with E-state index in [1.165, 1.54) is 46.2 Å². The maximum absolute atomic E-state index is 2.61. The molecule has 4 aliphatic rings.